The molecule has 6 nitrogen and oxygen atoms in total. The summed E-state index contributed by atoms with van der Waals surface area (Å²) in [6.45, 7) is 7.32. The van der Waals surface area contributed by atoms with Crippen LogP contribution in [0.15, 0.2) is 17.2 Å². The molecule has 1 amide bonds. The lowest BCUT2D eigenvalue weighted by atomic mass is 9.82. The molecular formula is C20H29NO5S. The van der Waals surface area contributed by atoms with E-state index in [2.05, 4.69) is 5.32 Å². The number of hydrogen-bond donors (Lipinski definition) is 2. The molecule has 0 aromatic carbocycles. The number of ether oxygens (including phenoxy) is 2. The molecule has 1 aromatic heterocycles. The first-order chi connectivity index (χ1) is 12.6. The molecular weight excluding hydrogens is 366 g/mol. The zero-order valence-electron chi connectivity index (χ0n) is 16.6. The SMILES string of the molecule is COC(=O)c1csc(C(O)C2CCC(=CNC(=O)OC(C)(C)C)CC2)c1C. The van der Waals surface area contributed by atoms with E-state index in [9.17, 15) is 14.7 Å². The van der Waals surface area contributed by atoms with Gasteiger partial charge in [0.1, 0.15) is 5.60 Å². The molecule has 1 saturated carbocycles. The molecule has 0 radical (unpaired) electrons. The van der Waals surface area contributed by atoms with Gasteiger partial charge in [0, 0.05) is 16.5 Å². The van der Waals surface area contributed by atoms with Crippen molar-refractivity contribution in [2.24, 2.45) is 5.92 Å². The predicted molar refractivity (Wildman–Crippen MR) is 105 cm³/mol. The fourth-order valence-electron chi connectivity index (χ4n) is 3.19. The van der Waals surface area contributed by atoms with Crippen LogP contribution in [0.4, 0.5) is 4.79 Å². The number of aliphatic hydroxyl groups is 1. The molecule has 0 spiro atoms. The number of alkyl carbamates (subject to hydrolysis) is 1. The van der Waals surface area contributed by atoms with Gasteiger partial charge in [-0.2, -0.15) is 0 Å². The van der Waals surface area contributed by atoms with E-state index in [-0.39, 0.29) is 11.9 Å². The lowest BCUT2D eigenvalue weighted by Crippen LogP contribution is -2.30. The fourth-order valence-corrected chi connectivity index (χ4v) is 4.32. The Morgan fingerprint density at radius 3 is 2.52 bits per heavy atom. The number of rotatable bonds is 4. The van der Waals surface area contributed by atoms with Crippen LogP contribution in [-0.2, 0) is 9.47 Å². The van der Waals surface area contributed by atoms with E-state index in [4.69, 9.17) is 9.47 Å². The summed E-state index contributed by atoms with van der Waals surface area (Å²) in [6, 6.07) is 0. The Morgan fingerprint density at radius 1 is 1.33 bits per heavy atom. The van der Waals surface area contributed by atoms with Gasteiger partial charge in [-0.1, -0.05) is 5.57 Å². The van der Waals surface area contributed by atoms with Crippen LogP contribution < -0.4 is 5.32 Å². The summed E-state index contributed by atoms with van der Waals surface area (Å²) >= 11 is 1.40. The average Bonchev–Trinajstić information content (AvgIpc) is 2.99. The van der Waals surface area contributed by atoms with Crippen LogP contribution in [0.3, 0.4) is 0 Å². The number of hydrogen-bond acceptors (Lipinski definition) is 6. The smallest absolute Gasteiger partial charge is 0.411 e. The van der Waals surface area contributed by atoms with E-state index in [0.717, 1.165) is 41.7 Å². The molecule has 1 aromatic rings. The second kappa shape index (κ2) is 8.89. The first kappa shape index (κ1) is 21.4. The number of nitrogens with one attached hydrogen (secondary N) is 1. The maximum atomic E-state index is 11.8. The van der Waals surface area contributed by atoms with Crippen molar-refractivity contribution in [1.82, 2.24) is 5.32 Å². The molecule has 1 unspecified atom stereocenters. The number of aliphatic hydroxyl groups excluding tert-OH is 1. The highest BCUT2D eigenvalue weighted by atomic mass is 32.1. The van der Waals surface area contributed by atoms with Gasteiger partial charge < -0.3 is 14.6 Å². The van der Waals surface area contributed by atoms with E-state index in [1.807, 2.05) is 27.7 Å². The molecule has 1 aliphatic carbocycles. The minimum absolute atomic E-state index is 0.131. The van der Waals surface area contributed by atoms with Crippen molar-refractivity contribution in [1.29, 1.82) is 0 Å². The molecule has 1 aliphatic rings. The molecule has 7 heteroatoms. The third kappa shape index (κ3) is 5.81. The molecule has 1 atom stereocenters. The molecule has 150 valence electrons. The van der Waals surface area contributed by atoms with Crippen molar-refractivity contribution in [2.45, 2.75) is 65.1 Å². The van der Waals surface area contributed by atoms with Crippen molar-refractivity contribution in [3.8, 4) is 0 Å². The van der Waals surface area contributed by atoms with Gasteiger partial charge in [-0.25, -0.2) is 9.59 Å². The largest absolute Gasteiger partial charge is 0.465 e. The van der Waals surface area contributed by atoms with E-state index in [1.165, 1.54) is 18.4 Å². The van der Waals surface area contributed by atoms with Gasteiger partial charge in [0.25, 0.3) is 0 Å². The van der Waals surface area contributed by atoms with E-state index in [1.54, 1.807) is 11.6 Å². The van der Waals surface area contributed by atoms with Crippen LogP contribution in [-0.4, -0.2) is 29.9 Å². The van der Waals surface area contributed by atoms with Crippen LogP contribution in [0.5, 0.6) is 0 Å². The van der Waals surface area contributed by atoms with Crippen LogP contribution in [0, 0.1) is 12.8 Å². The Kier molecular flexibility index (Phi) is 7.06. The summed E-state index contributed by atoms with van der Waals surface area (Å²) in [5, 5.41) is 15.2. The molecule has 2 rings (SSSR count). The van der Waals surface area contributed by atoms with Crippen LogP contribution in [0.1, 0.15) is 73.4 Å². The Bertz CT molecular complexity index is 706. The van der Waals surface area contributed by atoms with Crippen LogP contribution >= 0.6 is 11.3 Å². The molecule has 1 fully saturated rings. The van der Waals surface area contributed by atoms with E-state index in [0.29, 0.717) is 5.56 Å². The van der Waals surface area contributed by atoms with Gasteiger partial charge in [-0.05, 0) is 64.9 Å². The monoisotopic (exact) mass is 395 g/mol. The number of methoxy groups -OCH3 is 1. The number of allylic oxidation sites excluding steroid dienone is 1. The van der Waals surface area contributed by atoms with Gasteiger partial charge in [0.15, 0.2) is 0 Å². The molecule has 1 heterocycles. The fraction of sp³-hybridized carbons (Fsp3) is 0.600. The summed E-state index contributed by atoms with van der Waals surface area (Å²) in [5.41, 5.74) is 1.94. The minimum Gasteiger partial charge on any atom is -0.465 e. The summed E-state index contributed by atoms with van der Waals surface area (Å²) in [5.74, 6) is -0.240. The van der Waals surface area contributed by atoms with Gasteiger partial charge in [-0.3, -0.25) is 5.32 Å². The van der Waals surface area contributed by atoms with Gasteiger partial charge in [0.2, 0.25) is 0 Å². The Labute approximate surface area is 164 Å². The normalized spacial score (nSPS) is 18.6. The number of thiophene rings is 1. The maximum Gasteiger partial charge on any atom is 0.411 e. The summed E-state index contributed by atoms with van der Waals surface area (Å²) in [6.07, 6.45) is 3.96. The minimum atomic E-state index is -0.589. The van der Waals surface area contributed by atoms with E-state index < -0.39 is 17.8 Å². The van der Waals surface area contributed by atoms with Crippen molar-refractivity contribution >= 4 is 23.4 Å². The zero-order valence-corrected chi connectivity index (χ0v) is 17.4. The summed E-state index contributed by atoms with van der Waals surface area (Å²) in [7, 11) is 1.36. The van der Waals surface area contributed by atoms with Crippen LogP contribution in [0.2, 0.25) is 0 Å². The highest BCUT2D eigenvalue weighted by Crippen LogP contribution is 2.40. The lowest BCUT2D eigenvalue weighted by Gasteiger charge is -2.28. The van der Waals surface area contributed by atoms with Crippen molar-refractivity contribution in [3.63, 3.8) is 0 Å². The number of carbonyl (C=O) groups excluding carboxylic acids is 2. The second-order valence-corrected chi connectivity index (χ2v) is 8.77. The van der Waals surface area contributed by atoms with Crippen molar-refractivity contribution in [3.05, 3.63) is 33.2 Å². The Morgan fingerprint density at radius 2 is 1.96 bits per heavy atom. The number of carbonyl (C=O) groups is 2. The molecule has 2 N–H and O–H groups in total. The molecule has 0 bridgehead atoms. The quantitative estimate of drug-likeness (QED) is 0.735. The maximum absolute atomic E-state index is 11.8. The molecule has 0 aliphatic heterocycles. The van der Waals surface area contributed by atoms with Crippen LogP contribution in [0.25, 0.3) is 0 Å². The molecule has 27 heavy (non-hydrogen) atoms. The second-order valence-electron chi connectivity index (χ2n) is 7.86. The Balaban J connectivity index is 1.92. The van der Waals surface area contributed by atoms with Crippen molar-refractivity contribution < 1.29 is 24.2 Å². The predicted octanol–water partition coefficient (Wildman–Crippen LogP) is 4.48. The lowest BCUT2D eigenvalue weighted by molar-refractivity contribution is 0.0548. The highest BCUT2D eigenvalue weighted by molar-refractivity contribution is 7.10. The van der Waals surface area contributed by atoms with E-state index >= 15 is 0 Å². The molecule has 0 saturated heterocycles. The summed E-state index contributed by atoms with van der Waals surface area (Å²) in [4.78, 5) is 24.3. The standard InChI is InChI=1S/C20H29NO5S/c1-12-15(18(23)25-5)11-27-17(12)16(22)14-8-6-13(7-9-14)10-21-19(24)26-20(2,3)4/h10-11,14,16,22H,6-9H2,1-5H3,(H,21,24). The van der Waals surface area contributed by atoms with Gasteiger partial charge in [0.05, 0.1) is 18.8 Å². The van der Waals surface area contributed by atoms with Crippen molar-refractivity contribution in [2.75, 3.05) is 7.11 Å². The number of amides is 1. The number of esters is 1. The third-order valence-corrected chi connectivity index (χ3v) is 5.82. The average molecular weight is 396 g/mol. The topological polar surface area (TPSA) is 84.9 Å². The third-order valence-electron chi connectivity index (χ3n) is 4.66. The van der Waals surface area contributed by atoms with Gasteiger partial charge >= 0.3 is 12.1 Å². The first-order valence-electron chi connectivity index (χ1n) is 9.14. The highest BCUT2D eigenvalue weighted by Gasteiger charge is 2.28. The first-order valence-corrected chi connectivity index (χ1v) is 10.0. The zero-order chi connectivity index (χ0) is 20.2. The van der Waals surface area contributed by atoms with Gasteiger partial charge in [-0.15, -0.1) is 11.3 Å². The summed E-state index contributed by atoms with van der Waals surface area (Å²) < 4.78 is 10.00. The Hall–Kier alpha value is -1.86.